The number of amides is 2. The number of carbonyl (C=O) groups excluding carboxylic acids is 2. The Morgan fingerprint density at radius 2 is 1.78 bits per heavy atom. The molecule has 4 aromatic rings. The number of aromatic amines is 1. The molecule has 1 aliphatic rings. The molecular formula is C27H21ClFN4O3+. The Morgan fingerprint density at radius 1 is 1.00 bits per heavy atom. The van der Waals surface area contributed by atoms with E-state index in [1.54, 1.807) is 42.7 Å². The fraction of sp³-hybridized carbons (Fsp3) is 0.111. The fourth-order valence-corrected chi connectivity index (χ4v) is 4.54. The summed E-state index contributed by atoms with van der Waals surface area (Å²) >= 11 is 6.13. The Kier molecular flexibility index (Phi) is 5.89. The number of H-pyrrole nitrogens is 1. The predicted molar refractivity (Wildman–Crippen MR) is 134 cm³/mol. The van der Waals surface area contributed by atoms with Crippen LogP contribution in [0.3, 0.4) is 0 Å². The van der Waals surface area contributed by atoms with Gasteiger partial charge in [-0.3, -0.25) is 19.5 Å². The monoisotopic (exact) mass is 503 g/mol. The van der Waals surface area contributed by atoms with Crippen LogP contribution in [0.15, 0.2) is 77.9 Å². The highest BCUT2D eigenvalue weighted by atomic mass is 35.5. The first-order valence-corrected chi connectivity index (χ1v) is 11.7. The molecule has 7 nitrogen and oxygen atoms in total. The minimum absolute atomic E-state index is 0.0315. The average Bonchev–Trinajstić information content (AvgIpc) is 3.31. The average molecular weight is 504 g/mol. The van der Waals surface area contributed by atoms with E-state index in [0.29, 0.717) is 22.8 Å². The molecule has 9 heteroatoms. The molecule has 2 amide bonds. The van der Waals surface area contributed by atoms with Crippen LogP contribution in [0.4, 0.5) is 10.1 Å². The molecule has 0 saturated carbocycles. The Balaban J connectivity index is 1.80. The van der Waals surface area contributed by atoms with E-state index in [1.165, 1.54) is 33.5 Å². The molecule has 0 atom stereocenters. The maximum Gasteiger partial charge on any atom is 0.331 e. The molecule has 36 heavy (non-hydrogen) atoms. The summed E-state index contributed by atoms with van der Waals surface area (Å²) in [5.74, 6) is -2.24. The second-order valence-corrected chi connectivity index (χ2v) is 8.79. The number of hydrogen-bond donors (Lipinski definition) is 1. The van der Waals surface area contributed by atoms with Crippen LogP contribution in [0.2, 0.25) is 5.02 Å². The summed E-state index contributed by atoms with van der Waals surface area (Å²) in [7, 11) is 0. The highest BCUT2D eigenvalue weighted by Crippen LogP contribution is 2.34. The number of carbonyl (C=O) groups is 2. The van der Waals surface area contributed by atoms with Gasteiger partial charge in [0.2, 0.25) is 0 Å². The molecule has 2 aromatic heterocycles. The number of anilines is 1. The van der Waals surface area contributed by atoms with Crippen molar-refractivity contribution in [3.05, 3.63) is 111 Å². The van der Waals surface area contributed by atoms with Gasteiger partial charge in [-0.1, -0.05) is 36.7 Å². The molecule has 0 saturated heterocycles. The quantitative estimate of drug-likeness (QED) is 0.329. The maximum atomic E-state index is 14.7. The molecule has 5 rings (SSSR count). The van der Waals surface area contributed by atoms with Crippen LogP contribution in [0.25, 0.3) is 17.0 Å². The minimum Gasteiger partial charge on any atom is -0.294 e. The van der Waals surface area contributed by atoms with Gasteiger partial charge >= 0.3 is 5.91 Å². The van der Waals surface area contributed by atoms with Gasteiger partial charge < -0.3 is 0 Å². The summed E-state index contributed by atoms with van der Waals surface area (Å²) < 4.78 is 17.5. The number of nitrogens with one attached hydrogen (secondary N) is 1. The van der Waals surface area contributed by atoms with E-state index in [2.05, 4.69) is 5.10 Å². The largest absolute Gasteiger partial charge is 0.331 e. The Bertz CT molecular complexity index is 1640. The lowest BCUT2D eigenvalue weighted by Gasteiger charge is -2.14. The normalized spacial score (nSPS) is 13.7. The fourth-order valence-electron chi connectivity index (χ4n) is 4.36. The number of rotatable bonds is 5. The molecule has 0 bridgehead atoms. The van der Waals surface area contributed by atoms with Crippen molar-refractivity contribution >= 4 is 40.4 Å². The summed E-state index contributed by atoms with van der Waals surface area (Å²) in [6, 6.07) is 15.8. The lowest BCUT2D eigenvalue weighted by atomic mass is 10.0. The van der Waals surface area contributed by atoms with Crippen molar-refractivity contribution in [2.45, 2.75) is 20.3 Å². The smallest absolute Gasteiger partial charge is 0.294 e. The summed E-state index contributed by atoms with van der Waals surface area (Å²) in [6.07, 6.45) is 3.67. The van der Waals surface area contributed by atoms with E-state index in [1.807, 2.05) is 19.9 Å². The zero-order chi connectivity index (χ0) is 25.6. The van der Waals surface area contributed by atoms with Gasteiger partial charge in [-0.15, -0.1) is 0 Å². The van der Waals surface area contributed by atoms with Crippen LogP contribution in [0, 0.1) is 12.7 Å². The molecule has 3 heterocycles. The topological polar surface area (TPSA) is 79.1 Å². The first-order chi connectivity index (χ1) is 17.3. The lowest BCUT2D eigenvalue weighted by molar-refractivity contribution is -0.577. The highest BCUT2D eigenvalue weighted by molar-refractivity contribution is 6.53. The Labute approximate surface area is 210 Å². The van der Waals surface area contributed by atoms with Gasteiger partial charge in [0.15, 0.2) is 12.4 Å². The molecule has 2 aromatic carbocycles. The molecule has 0 unspecified atom stereocenters. The molecule has 1 aliphatic heterocycles. The number of nitrogens with zero attached hydrogens (tertiary/aromatic N) is 3. The van der Waals surface area contributed by atoms with Gasteiger partial charge in [0.25, 0.3) is 17.2 Å². The van der Waals surface area contributed by atoms with Gasteiger partial charge in [-0.05, 0) is 49.7 Å². The number of imide groups is 1. The van der Waals surface area contributed by atoms with E-state index in [-0.39, 0.29) is 22.5 Å². The van der Waals surface area contributed by atoms with Crippen LogP contribution in [0.5, 0.6) is 0 Å². The van der Waals surface area contributed by atoms with Gasteiger partial charge in [-0.25, -0.2) is 14.0 Å². The number of aryl methyl sites for hydroxylation is 2. The molecule has 0 aliphatic carbocycles. The molecule has 1 N–H and O–H groups in total. The van der Waals surface area contributed by atoms with Crippen LogP contribution in [0.1, 0.15) is 23.7 Å². The second-order valence-electron chi connectivity index (χ2n) is 8.35. The van der Waals surface area contributed by atoms with Crippen LogP contribution in [-0.4, -0.2) is 21.6 Å². The van der Waals surface area contributed by atoms with Crippen molar-refractivity contribution in [1.82, 2.24) is 9.78 Å². The lowest BCUT2D eigenvalue weighted by Crippen LogP contribution is -2.40. The number of hydrogen-bond acceptors (Lipinski definition) is 3. The number of para-hydroxylation sites is 1. The third-order valence-corrected chi connectivity index (χ3v) is 6.23. The highest BCUT2D eigenvalue weighted by Gasteiger charge is 2.48. The zero-order valence-corrected chi connectivity index (χ0v) is 20.2. The zero-order valence-electron chi connectivity index (χ0n) is 19.5. The predicted octanol–water partition coefficient (Wildman–Crippen LogP) is 4.06. The molecular weight excluding hydrogens is 483 g/mol. The van der Waals surface area contributed by atoms with E-state index >= 15 is 0 Å². The van der Waals surface area contributed by atoms with Gasteiger partial charge in [0.1, 0.15) is 11.4 Å². The maximum absolute atomic E-state index is 14.7. The Hall–Kier alpha value is -4.30. The summed E-state index contributed by atoms with van der Waals surface area (Å²) in [4.78, 5) is 42.1. The minimum atomic E-state index is -0.779. The van der Waals surface area contributed by atoms with Crippen LogP contribution < -0.4 is 15.0 Å². The van der Waals surface area contributed by atoms with Crippen LogP contribution >= 0.6 is 11.6 Å². The first-order valence-electron chi connectivity index (χ1n) is 11.3. The van der Waals surface area contributed by atoms with E-state index in [4.69, 9.17) is 11.6 Å². The van der Waals surface area contributed by atoms with E-state index in [9.17, 15) is 18.8 Å². The van der Waals surface area contributed by atoms with Crippen molar-refractivity contribution in [3.63, 3.8) is 0 Å². The van der Waals surface area contributed by atoms with Crippen molar-refractivity contribution < 1.29 is 18.5 Å². The van der Waals surface area contributed by atoms with Crippen molar-refractivity contribution in [3.8, 4) is 5.69 Å². The molecule has 0 spiro atoms. The molecule has 0 radical (unpaired) electrons. The SMILES string of the molecule is CCc1[nH]n(-c2cccc(Cl)c2)c(=O)c1C1=C([n+]2cccc(C)c2)C(=O)N(c2ccccc2F)C1=O. The number of pyridine rings is 1. The van der Waals surface area contributed by atoms with E-state index < -0.39 is 23.2 Å². The van der Waals surface area contributed by atoms with Gasteiger partial charge in [0.05, 0.1) is 16.9 Å². The third kappa shape index (κ3) is 3.76. The van der Waals surface area contributed by atoms with E-state index in [0.717, 1.165) is 10.5 Å². The first kappa shape index (κ1) is 23.4. The standard InChI is InChI=1S/C27H20ClFN4O3/c1-3-20-22(26(35)33(30-20)18-10-6-9-17(28)14-18)23-24(31-13-7-8-16(2)15-31)27(36)32(25(23)34)21-12-5-4-11-19(21)29/h4-15H,3H2,1-2H3/p+1. The molecule has 180 valence electrons. The van der Waals surface area contributed by atoms with Crippen molar-refractivity contribution in [1.29, 1.82) is 0 Å². The summed E-state index contributed by atoms with van der Waals surface area (Å²) in [5, 5.41) is 3.48. The van der Waals surface area contributed by atoms with Gasteiger partial charge in [0, 0.05) is 22.3 Å². The third-order valence-electron chi connectivity index (χ3n) is 5.99. The van der Waals surface area contributed by atoms with Gasteiger partial charge in [-0.2, -0.15) is 4.57 Å². The second kappa shape index (κ2) is 9.05. The number of halogens is 2. The number of aromatic nitrogens is 3. The van der Waals surface area contributed by atoms with Crippen molar-refractivity contribution in [2.75, 3.05) is 4.90 Å². The van der Waals surface area contributed by atoms with Crippen LogP contribution in [-0.2, 0) is 16.0 Å². The van der Waals surface area contributed by atoms with Crippen molar-refractivity contribution in [2.24, 2.45) is 0 Å². The number of benzene rings is 2. The molecule has 0 fully saturated rings. The summed E-state index contributed by atoms with van der Waals surface area (Å²) in [6.45, 7) is 3.67. The summed E-state index contributed by atoms with van der Waals surface area (Å²) in [5.41, 5.74) is 0.977. The Morgan fingerprint density at radius 3 is 2.47 bits per heavy atom.